The summed E-state index contributed by atoms with van der Waals surface area (Å²) in [4.78, 5) is 5.42. The summed E-state index contributed by atoms with van der Waals surface area (Å²) in [5, 5.41) is 14.3. The fourth-order valence-corrected chi connectivity index (χ4v) is 3.45. The molecule has 1 aliphatic carbocycles. The Balaban J connectivity index is 1.57. The molecule has 114 valence electrons. The van der Waals surface area contributed by atoms with Crippen molar-refractivity contribution in [1.29, 1.82) is 0 Å². The van der Waals surface area contributed by atoms with Crippen molar-refractivity contribution in [3.63, 3.8) is 0 Å². The highest BCUT2D eigenvalue weighted by atomic mass is 32.1. The number of ether oxygens (including phenoxy) is 1. The van der Waals surface area contributed by atoms with Gasteiger partial charge in [-0.25, -0.2) is 4.98 Å². The maximum atomic E-state index is 9.93. The van der Waals surface area contributed by atoms with Gasteiger partial charge < -0.3 is 15.2 Å². The van der Waals surface area contributed by atoms with Crippen LogP contribution < -0.4 is 5.32 Å². The normalized spacial score (nSPS) is 24.8. The van der Waals surface area contributed by atoms with Gasteiger partial charge in [-0.15, -0.1) is 11.3 Å². The van der Waals surface area contributed by atoms with Crippen LogP contribution in [0.5, 0.6) is 0 Å². The van der Waals surface area contributed by atoms with E-state index in [-0.39, 0.29) is 0 Å². The van der Waals surface area contributed by atoms with E-state index in [0.29, 0.717) is 19.3 Å². The van der Waals surface area contributed by atoms with Gasteiger partial charge in [0, 0.05) is 24.2 Å². The van der Waals surface area contributed by atoms with Crippen molar-refractivity contribution in [3.8, 4) is 0 Å². The number of hydrogen-bond acceptors (Lipinski definition) is 5. The number of aromatic nitrogens is 1. The topological polar surface area (TPSA) is 54.4 Å². The average molecular weight is 298 g/mol. The van der Waals surface area contributed by atoms with Crippen LogP contribution in [-0.4, -0.2) is 35.5 Å². The van der Waals surface area contributed by atoms with E-state index in [1.54, 1.807) is 11.3 Å². The predicted octanol–water partition coefficient (Wildman–Crippen LogP) is 2.50. The van der Waals surface area contributed by atoms with E-state index in [0.717, 1.165) is 30.3 Å². The third-order valence-electron chi connectivity index (χ3n) is 3.76. The number of rotatable bonds is 7. The molecule has 2 rings (SSSR count). The van der Waals surface area contributed by atoms with Crippen molar-refractivity contribution in [2.24, 2.45) is 5.92 Å². The van der Waals surface area contributed by atoms with E-state index in [2.05, 4.69) is 17.2 Å². The number of hydrogen-bond donors (Lipinski definition) is 2. The minimum atomic E-state index is -0.429. The fourth-order valence-electron chi connectivity index (χ4n) is 2.68. The van der Waals surface area contributed by atoms with Crippen LogP contribution in [-0.2, 0) is 11.3 Å². The van der Waals surface area contributed by atoms with Crippen LogP contribution >= 0.6 is 11.3 Å². The summed E-state index contributed by atoms with van der Waals surface area (Å²) in [6.07, 6.45) is 6.66. The van der Waals surface area contributed by atoms with E-state index < -0.39 is 6.10 Å². The summed E-state index contributed by atoms with van der Waals surface area (Å²) in [5.74, 6) is 0.763. The molecule has 5 heteroatoms. The zero-order valence-electron chi connectivity index (χ0n) is 12.5. The van der Waals surface area contributed by atoms with Crippen molar-refractivity contribution in [2.75, 3.05) is 13.2 Å². The molecule has 3 unspecified atom stereocenters. The van der Waals surface area contributed by atoms with Crippen molar-refractivity contribution < 1.29 is 9.84 Å². The molecule has 0 amide bonds. The predicted molar refractivity (Wildman–Crippen MR) is 81.9 cm³/mol. The zero-order chi connectivity index (χ0) is 14.4. The minimum Gasteiger partial charge on any atom is -0.389 e. The first kappa shape index (κ1) is 15.9. The summed E-state index contributed by atoms with van der Waals surface area (Å²) in [6, 6.07) is 0. The van der Waals surface area contributed by atoms with E-state index >= 15 is 0 Å². The molecule has 0 aromatic carbocycles. The molecule has 0 radical (unpaired) electrons. The van der Waals surface area contributed by atoms with Crippen molar-refractivity contribution in [3.05, 3.63) is 16.1 Å². The van der Waals surface area contributed by atoms with Crippen LogP contribution in [0.25, 0.3) is 0 Å². The fraction of sp³-hybridized carbons (Fsp3) is 0.800. The number of thiazole rings is 1. The Bertz CT molecular complexity index is 397. The summed E-state index contributed by atoms with van der Waals surface area (Å²) >= 11 is 1.69. The second-order valence-corrected chi connectivity index (χ2v) is 7.18. The smallest absolute Gasteiger partial charge is 0.0897 e. The molecular formula is C15H26N2O2S. The Kier molecular flexibility index (Phi) is 6.42. The highest BCUT2D eigenvalue weighted by molar-refractivity contribution is 7.11. The summed E-state index contributed by atoms with van der Waals surface area (Å²) in [7, 11) is 0. The first-order chi connectivity index (χ1) is 9.63. The first-order valence-electron chi connectivity index (χ1n) is 7.55. The average Bonchev–Trinajstić information content (AvgIpc) is 2.82. The van der Waals surface area contributed by atoms with Gasteiger partial charge in [0.05, 0.1) is 23.8 Å². The van der Waals surface area contributed by atoms with Crippen LogP contribution in [0.3, 0.4) is 0 Å². The molecule has 0 saturated heterocycles. The molecule has 1 aromatic rings. The largest absolute Gasteiger partial charge is 0.389 e. The SMILES string of the molecule is Cc1ncc(CNCC(O)COC2CCCC(C)C2)s1. The van der Waals surface area contributed by atoms with Gasteiger partial charge in [0.15, 0.2) is 0 Å². The van der Waals surface area contributed by atoms with E-state index in [1.165, 1.54) is 17.7 Å². The molecular weight excluding hydrogens is 272 g/mol. The number of aliphatic hydroxyl groups excluding tert-OH is 1. The van der Waals surface area contributed by atoms with Gasteiger partial charge in [-0.3, -0.25) is 0 Å². The van der Waals surface area contributed by atoms with Gasteiger partial charge in [0.25, 0.3) is 0 Å². The molecule has 2 N–H and O–H groups in total. The lowest BCUT2D eigenvalue weighted by Crippen LogP contribution is -2.32. The minimum absolute atomic E-state index is 0.345. The second-order valence-electron chi connectivity index (χ2n) is 5.86. The van der Waals surface area contributed by atoms with Crippen molar-refractivity contribution in [2.45, 2.75) is 58.3 Å². The van der Waals surface area contributed by atoms with Crippen molar-refractivity contribution >= 4 is 11.3 Å². The lowest BCUT2D eigenvalue weighted by molar-refractivity contribution is -0.0306. The molecule has 0 spiro atoms. The summed E-state index contributed by atoms with van der Waals surface area (Å²) in [5.41, 5.74) is 0. The zero-order valence-corrected chi connectivity index (χ0v) is 13.3. The maximum absolute atomic E-state index is 9.93. The number of nitrogens with one attached hydrogen (secondary N) is 1. The van der Waals surface area contributed by atoms with Gasteiger partial charge in [-0.2, -0.15) is 0 Å². The molecule has 3 atom stereocenters. The van der Waals surface area contributed by atoms with Crippen LogP contribution in [0.15, 0.2) is 6.20 Å². The first-order valence-corrected chi connectivity index (χ1v) is 8.37. The Morgan fingerprint density at radius 1 is 1.55 bits per heavy atom. The number of aliphatic hydroxyl groups is 1. The monoisotopic (exact) mass is 298 g/mol. The van der Waals surface area contributed by atoms with Crippen LogP contribution in [0, 0.1) is 12.8 Å². The Labute approximate surface area is 125 Å². The molecule has 1 saturated carbocycles. The molecule has 1 aromatic heterocycles. The van der Waals surface area contributed by atoms with Gasteiger partial charge >= 0.3 is 0 Å². The molecule has 1 aliphatic rings. The lowest BCUT2D eigenvalue weighted by atomic mass is 9.89. The third kappa shape index (κ3) is 5.48. The second kappa shape index (κ2) is 8.08. The highest BCUT2D eigenvalue weighted by Gasteiger charge is 2.20. The number of aryl methyl sites for hydroxylation is 1. The third-order valence-corrected chi connectivity index (χ3v) is 4.67. The summed E-state index contributed by atoms with van der Waals surface area (Å²) in [6.45, 7) is 6.06. The van der Waals surface area contributed by atoms with E-state index in [9.17, 15) is 5.11 Å². The van der Waals surface area contributed by atoms with E-state index in [1.807, 2.05) is 13.1 Å². The Hall–Kier alpha value is -0.490. The van der Waals surface area contributed by atoms with Crippen molar-refractivity contribution in [1.82, 2.24) is 10.3 Å². The van der Waals surface area contributed by atoms with Crippen LogP contribution in [0.4, 0.5) is 0 Å². The lowest BCUT2D eigenvalue weighted by Gasteiger charge is -2.27. The number of nitrogens with zero attached hydrogens (tertiary/aromatic N) is 1. The summed E-state index contributed by atoms with van der Waals surface area (Å²) < 4.78 is 5.82. The molecule has 1 heterocycles. The van der Waals surface area contributed by atoms with Gasteiger partial charge in [0.1, 0.15) is 0 Å². The molecule has 20 heavy (non-hydrogen) atoms. The van der Waals surface area contributed by atoms with Gasteiger partial charge in [0.2, 0.25) is 0 Å². The quantitative estimate of drug-likeness (QED) is 0.812. The van der Waals surface area contributed by atoms with E-state index in [4.69, 9.17) is 4.74 Å². The highest BCUT2D eigenvalue weighted by Crippen LogP contribution is 2.25. The van der Waals surface area contributed by atoms with Crippen LogP contribution in [0.2, 0.25) is 0 Å². The maximum Gasteiger partial charge on any atom is 0.0897 e. The Morgan fingerprint density at radius 3 is 3.10 bits per heavy atom. The standard InChI is InChI=1S/C15H26N2O2S/c1-11-4-3-5-14(6-11)19-10-13(18)7-16-8-15-9-17-12(2)20-15/h9,11,13-14,16,18H,3-8,10H2,1-2H3. The van der Waals surface area contributed by atoms with Crippen LogP contribution in [0.1, 0.15) is 42.5 Å². The Morgan fingerprint density at radius 2 is 2.40 bits per heavy atom. The molecule has 1 fully saturated rings. The molecule has 0 bridgehead atoms. The van der Waals surface area contributed by atoms with Gasteiger partial charge in [-0.05, 0) is 25.7 Å². The van der Waals surface area contributed by atoms with Gasteiger partial charge in [-0.1, -0.05) is 19.8 Å². The molecule has 0 aliphatic heterocycles. The molecule has 4 nitrogen and oxygen atoms in total.